The molecule has 2 heterocycles. The van der Waals surface area contributed by atoms with Crippen LogP contribution in [0.1, 0.15) is 18.9 Å². The number of amides is 1. The molecule has 0 spiro atoms. The topological polar surface area (TPSA) is 136 Å². The normalized spacial score (nSPS) is 11.8. The van der Waals surface area contributed by atoms with Crippen molar-refractivity contribution in [2.45, 2.75) is 19.9 Å². The summed E-state index contributed by atoms with van der Waals surface area (Å²) >= 11 is 0. The van der Waals surface area contributed by atoms with Gasteiger partial charge in [-0.1, -0.05) is 4.41 Å². The highest BCUT2D eigenvalue weighted by molar-refractivity contribution is 7.92. The highest BCUT2D eigenvalue weighted by atomic mass is 32.2. The van der Waals surface area contributed by atoms with E-state index in [1.807, 2.05) is 0 Å². The average Bonchev–Trinajstić information content (AvgIpc) is 3.17. The average molecular weight is 457 g/mol. The molecule has 14 heteroatoms. The van der Waals surface area contributed by atoms with Crippen molar-refractivity contribution in [1.82, 2.24) is 19.4 Å². The van der Waals surface area contributed by atoms with Crippen LogP contribution in [0.3, 0.4) is 0 Å². The molecule has 0 atom stereocenters. The minimum Gasteiger partial charge on any atom is -0.451 e. The van der Waals surface area contributed by atoms with Gasteiger partial charge in [0.25, 0.3) is 22.0 Å². The molecule has 0 unspecified atom stereocenters. The number of methoxy groups -OCH3 is 1. The third-order valence-electron chi connectivity index (χ3n) is 4.40. The number of nitrogens with zero attached hydrogens (tertiary/aromatic N) is 4. The fourth-order valence-electron chi connectivity index (χ4n) is 3.10. The van der Waals surface area contributed by atoms with Gasteiger partial charge in [0.05, 0.1) is 30.0 Å². The van der Waals surface area contributed by atoms with E-state index in [4.69, 9.17) is 0 Å². The Morgan fingerprint density at radius 1 is 1.32 bits per heavy atom. The minimum absolute atomic E-state index is 0.0342. The fourth-order valence-corrected chi connectivity index (χ4v) is 3.89. The molecule has 1 amide bonds. The number of sulfonamides is 1. The van der Waals surface area contributed by atoms with Crippen molar-refractivity contribution in [2.24, 2.45) is 0 Å². The molecule has 1 aromatic carbocycles. The summed E-state index contributed by atoms with van der Waals surface area (Å²) in [6, 6.07) is 3.49. The van der Waals surface area contributed by atoms with Crippen molar-refractivity contribution in [3.05, 3.63) is 50.8 Å². The molecular formula is C17H17F2N5O6S. The first kappa shape index (κ1) is 22.1. The Balaban J connectivity index is 2.44. The van der Waals surface area contributed by atoms with Crippen LogP contribution in [-0.2, 0) is 21.3 Å². The van der Waals surface area contributed by atoms with Gasteiger partial charge in [-0.25, -0.2) is 26.8 Å². The second-order valence-corrected chi connectivity index (χ2v) is 8.15. The molecule has 1 N–H and O–H groups in total. The lowest BCUT2D eigenvalue weighted by Crippen LogP contribution is -2.55. The highest BCUT2D eigenvalue weighted by Gasteiger charge is 2.31. The molecule has 0 aliphatic heterocycles. The molecule has 0 aliphatic rings. The molecule has 0 aliphatic carbocycles. The van der Waals surface area contributed by atoms with Gasteiger partial charge in [-0.05, 0) is 25.1 Å². The van der Waals surface area contributed by atoms with E-state index < -0.39 is 39.4 Å². The van der Waals surface area contributed by atoms with Crippen LogP contribution < -0.4 is 15.7 Å². The largest absolute Gasteiger partial charge is 0.451 e. The van der Waals surface area contributed by atoms with Crippen LogP contribution in [0, 0.1) is 0 Å². The number of hydrogen-bond acceptors (Lipinski definition) is 7. The maximum Gasteiger partial charge on any atom is 0.443 e. The Bertz CT molecular complexity index is 1390. The molecule has 3 rings (SSSR count). The highest BCUT2D eigenvalue weighted by Crippen LogP contribution is 2.33. The van der Waals surface area contributed by atoms with E-state index in [1.54, 1.807) is 6.92 Å². The third kappa shape index (κ3) is 3.81. The number of aromatic amines is 1. The summed E-state index contributed by atoms with van der Waals surface area (Å²) in [5.41, 5.74) is -3.04. The molecule has 0 radical (unpaired) electrons. The standard InChI is InChI=1S/C17H17F2N5O6S/c1-4-22-13(5-6-20-22)9-7-11-12(8-10(9)14(18)19)21-16(26)23(15(11)25)24(17(27)30-2)31(3,28)29/h5-8,14H,4H2,1-3H3,(H,21,26). The zero-order valence-electron chi connectivity index (χ0n) is 16.5. The van der Waals surface area contributed by atoms with Gasteiger partial charge in [-0.15, -0.1) is 4.68 Å². The Morgan fingerprint density at radius 2 is 2.00 bits per heavy atom. The Kier molecular flexibility index (Phi) is 5.67. The van der Waals surface area contributed by atoms with Gasteiger partial charge in [0.2, 0.25) is 0 Å². The predicted molar refractivity (Wildman–Crippen MR) is 106 cm³/mol. The van der Waals surface area contributed by atoms with Gasteiger partial charge < -0.3 is 9.72 Å². The van der Waals surface area contributed by atoms with Gasteiger partial charge in [-0.2, -0.15) is 5.10 Å². The lowest BCUT2D eigenvalue weighted by atomic mass is 10.0. The van der Waals surface area contributed by atoms with E-state index in [0.29, 0.717) is 12.8 Å². The molecule has 0 saturated heterocycles. The zero-order valence-corrected chi connectivity index (χ0v) is 17.3. The number of fused-ring (bicyclic) bond motifs is 1. The van der Waals surface area contributed by atoms with Crippen LogP contribution in [0.5, 0.6) is 0 Å². The number of aromatic nitrogens is 4. The lowest BCUT2D eigenvalue weighted by molar-refractivity contribution is 0.152. The second kappa shape index (κ2) is 7.94. The third-order valence-corrected chi connectivity index (χ3v) is 5.34. The Morgan fingerprint density at radius 3 is 2.55 bits per heavy atom. The van der Waals surface area contributed by atoms with E-state index in [0.717, 1.165) is 19.2 Å². The number of benzene rings is 1. The summed E-state index contributed by atoms with van der Waals surface area (Å²) in [6.45, 7) is 2.09. The van der Waals surface area contributed by atoms with Gasteiger partial charge in [0, 0.05) is 23.9 Å². The van der Waals surface area contributed by atoms with E-state index in [1.165, 1.54) is 16.9 Å². The first-order chi connectivity index (χ1) is 14.5. The predicted octanol–water partition coefficient (Wildman–Crippen LogP) is 1.17. The van der Waals surface area contributed by atoms with Crippen LogP contribution in [0.2, 0.25) is 0 Å². The van der Waals surface area contributed by atoms with Crippen LogP contribution in [0.15, 0.2) is 34.0 Å². The monoisotopic (exact) mass is 457 g/mol. The number of alkyl halides is 2. The number of carbonyl (C=O) groups is 1. The molecule has 2 aromatic heterocycles. The van der Waals surface area contributed by atoms with Crippen molar-refractivity contribution in [2.75, 3.05) is 17.8 Å². The van der Waals surface area contributed by atoms with Gasteiger partial charge in [-0.3, -0.25) is 9.48 Å². The SMILES string of the molecule is CCn1nccc1-c1cc2c(=O)n(N(C(=O)OC)S(C)(=O)=O)c(=O)[nH]c2cc1C(F)F. The molecule has 31 heavy (non-hydrogen) atoms. The number of aryl methyl sites for hydroxylation is 1. The van der Waals surface area contributed by atoms with E-state index in [-0.39, 0.29) is 31.3 Å². The summed E-state index contributed by atoms with van der Waals surface area (Å²) in [5.74, 6) is 0. The number of carbonyl (C=O) groups excluding carboxylic acids is 1. The Labute approximate surface area is 173 Å². The number of H-pyrrole nitrogens is 1. The van der Waals surface area contributed by atoms with Gasteiger partial charge >= 0.3 is 11.8 Å². The summed E-state index contributed by atoms with van der Waals surface area (Å²) in [6.07, 6.45) is -2.48. The van der Waals surface area contributed by atoms with Crippen LogP contribution in [0.4, 0.5) is 13.6 Å². The van der Waals surface area contributed by atoms with Crippen molar-refractivity contribution < 1.29 is 26.7 Å². The molecular weight excluding hydrogens is 440 g/mol. The minimum atomic E-state index is -4.46. The summed E-state index contributed by atoms with van der Waals surface area (Å²) in [5, 5.41) is 3.72. The molecule has 3 aromatic rings. The molecule has 0 fully saturated rings. The first-order valence-electron chi connectivity index (χ1n) is 8.73. The van der Waals surface area contributed by atoms with Crippen molar-refractivity contribution in [1.29, 1.82) is 0 Å². The Hall–Kier alpha value is -3.55. The van der Waals surface area contributed by atoms with Crippen molar-refractivity contribution in [3.8, 4) is 11.3 Å². The number of ether oxygens (including phenoxy) is 1. The van der Waals surface area contributed by atoms with E-state index >= 15 is 0 Å². The number of rotatable bonds is 5. The zero-order chi connectivity index (χ0) is 23.1. The summed E-state index contributed by atoms with van der Waals surface area (Å²) in [7, 11) is -3.60. The summed E-state index contributed by atoms with van der Waals surface area (Å²) in [4.78, 5) is 39.6. The fraction of sp³-hybridized carbons (Fsp3) is 0.294. The van der Waals surface area contributed by atoms with Crippen LogP contribution in [0.25, 0.3) is 22.2 Å². The molecule has 0 bridgehead atoms. The molecule has 166 valence electrons. The maximum atomic E-state index is 13.7. The second-order valence-electron chi connectivity index (χ2n) is 6.34. The molecule has 11 nitrogen and oxygen atoms in total. The van der Waals surface area contributed by atoms with E-state index in [9.17, 15) is 31.6 Å². The van der Waals surface area contributed by atoms with Crippen molar-refractivity contribution >= 4 is 27.0 Å². The number of halogens is 2. The smallest absolute Gasteiger partial charge is 0.443 e. The summed E-state index contributed by atoms with van der Waals surface area (Å²) < 4.78 is 57.3. The maximum absolute atomic E-state index is 13.7. The number of nitrogens with one attached hydrogen (secondary N) is 1. The van der Waals surface area contributed by atoms with Crippen LogP contribution in [-0.4, -0.2) is 47.3 Å². The van der Waals surface area contributed by atoms with Crippen molar-refractivity contribution in [3.63, 3.8) is 0 Å². The van der Waals surface area contributed by atoms with E-state index in [2.05, 4.69) is 14.8 Å². The number of hydrogen-bond donors (Lipinski definition) is 1. The van der Waals surface area contributed by atoms with Crippen LogP contribution >= 0.6 is 0 Å². The first-order valence-corrected chi connectivity index (χ1v) is 10.6. The quantitative estimate of drug-likeness (QED) is 0.607. The van der Waals surface area contributed by atoms with Gasteiger partial charge in [0.15, 0.2) is 0 Å². The molecule has 0 saturated carbocycles. The van der Waals surface area contributed by atoms with Gasteiger partial charge in [0.1, 0.15) is 0 Å². The lowest BCUT2D eigenvalue weighted by Gasteiger charge is -2.20.